The van der Waals surface area contributed by atoms with Crippen LogP contribution in [-0.4, -0.2) is 4.57 Å². The highest BCUT2D eigenvalue weighted by Crippen LogP contribution is 2.40. The molecule has 0 radical (unpaired) electrons. The number of hydrogen-bond donors (Lipinski definition) is 0. The number of benzene rings is 3. The lowest BCUT2D eigenvalue weighted by atomic mass is 10.0. The van der Waals surface area contributed by atoms with E-state index in [2.05, 4.69) is 0 Å². The summed E-state index contributed by atoms with van der Waals surface area (Å²) in [6.07, 6.45) is -9.64. The fourth-order valence-electron chi connectivity index (χ4n) is 4.40. The van der Waals surface area contributed by atoms with Gasteiger partial charge in [0.2, 0.25) is 0 Å². The highest BCUT2D eigenvalue weighted by Gasteiger charge is 2.37. The lowest BCUT2D eigenvalue weighted by Gasteiger charge is -2.20. The monoisotopic (exact) mass is 556 g/mol. The van der Waals surface area contributed by atoms with Crippen molar-refractivity contribution in [3.05, 3.63) is 116 Å². The van der Waals surface area contributed by atoms with Crippen LogP contribution in [0.5, 0.6) is 11.5 Å². The molecule has 40 heavy (non-hydrogen) atoms. The molecule has 0 fully saturated rings. The first-order chi connectivity index (χ1) is 18.7. The van der Waals surface area contributed by atoms with Gasteiger partial charge < -0.3 is 9.30 Å². The molecule has 1 aromatic heterocycles. The number of hydrogen-bond acceptors (Lipinski definition) is 3. The lowest BCUT2D eigenvalue weighted by molar-refractivity contribution is -0.139. The van der Waals surface area contributed by atoms with Gasteiger partial charge in [0.1, 0.15) is 23.1 Å². The zero-order valence-corrected chi connectivity index (χ0v) is 21.5. The van der Waals surface area contributed by atoms with Crippen LogP contribution in [0.4, 0.5) is 26.3 Å². The molecule has 0 unspecified atom stereocenters. The van der Waals surface area contributed by atoms with Crippen molar-refractivity contribution in [2.75, 3.05) is 0 Å². The molecule has 0 aliphatic carbocycles. The smallest absolute Gasteiger partial charge is 0.419 e. The van der Waals surface area contributed by atoms with Crippen molar-refractivity contribution in [2.45, 2.75) is 39.7 Å². The molecule has 0 saturated heterocycles. The largest absolute Gasteiger partial charge is 0.456 e. The van der Waals surface area contributed by atoms with Gasteiger partial charge in [0.05, 0.1) is 23.4 Å². The highest BCUT2D eigenvalue weighted by molar-refractivity contribution is 5.65. The second-order valence-electron chi connectivity index (χ2n) is 9.33. The lowest BCUT2D eigenvalue weighted by Crippen LogP contribution is -2.29. The summed E-state index contributed by atoms with van der Waals surface area (Å²) in [7, 11) is 0. The van der Waals surface area contributed by atoms with Gasteiger partial charge in [-0.3, -0.25) is 4.79 Å². The van der Waals surface area contributed by atoms with Gasteiger partial charge >= 0.3 is 12.4 Å². The molecule has 0 aliphatic heterocycles. The number of para-hydroxylation sites is 1. The number of aromatic nitrogens is 1. The van der Waals surface area contributed by atoms with Crippen LogP contribution in [0.25, 0.3) is 11.3 Å². The predicted octanol–water partition coefficient (Wildman–Crippen LogP) is 8.19. The van der Waals surface area contributed by atoms with E-state index >= 15 is 0 Å². The maximum atomic E-state index is 13.9. The summed E-state index contributed by atoms with van der Waals surface area (Å²) in [5.74, 6) is -0.385. The fraction of sp³-hybridized carbons (Fsp3) is 0.200. The SMILES string of the molecule is Cc1ccc(Cn2c(-c3ccc(Oc4ccccc4C(F)(F)F)c(C)c3)cc(C(F)(F)F)c(C#N)c2=O)c(C)c1. The Hall–Kier alpha value is -4.52. The van der Waals surface area contributed by atoms with Gasteiger partial charge in [-0.2, -0.15) is 31.6 Å². The minimum absolute atomic E-state index is 0.0495. The van der Waals surface area contributed by atoms with Gasteiger partial charge in [0.25, 0.3) is 5.56 Å². The van der Waals surface area contributed by atoms with Crippen molar-refractivity contribution in [1.82, 2.24) is 4.57 Å². The molecular weight excluding hydrogens is 534 g/mol. The first-order valence-corrected chi connectivity index (χ1v) is 12.0. The zero-order chi connectivity index (χ0) is 29.4. The number of nitrogens with zero attached hydrogens (tertiary/aromatic N) is 2. The summed E-state index contributed by atoms with van der Waals surface area (Å²) in [5.41, 5.74) is -1.67. The molecule has 10 heteroatoms. The van der Waals surface area contributed by atoms with E-state index < -0.39 is 40.4 Å². The van der Waals surface area contributed by atoms with E-state index in [0.29, 0.717) is 11.1 Å². The number of pyridine rings is 1. The van der Waals surface area contributed by atoms with Gasteiger partial charge in [-0.15, -0.1) is 0 Å². The fourth-order valence-corrected chi connectivity index (χ4v) is 4.40. The van der Waals surface area contributed by atoms with Crippen LogP contribution in [0.1, 0.15) is 38.9 Å². The second kappa shape index (κ2) is 10.6. The highest BCUT2D eigenvalue weighted by atomic mass is 19.4. The number of rotatable bonds is 5. The van der Waals surface area contributed by atoms with E-state index in [0.717, 1.165) is 33.9 Å². The topological polar surface area (TPSA) is 55.0 Å². The van der Waals surface area contributed by atoms with Crippen molar-refractivity contribution < 1.29 is 31.1 Å². The van der Waals surface area contributed by atoms with Gasteiger partial charge in [-0.1, -0.05) is 35.9 Å². The van der Waals surface area contributed by atoms with Crippen molar-refractivity contribution in [1.29, 1.82) is 5.26 Å². The summed E-state index contributed by atoms with van der Waals surface area (Å²) in [6.45, 7) is 5.09. The van der Waals surface area contributed by atoms with E-state index in [1.54, 1.807) is 19.1 Å². The molecule has 1 heterocycles. The summed E-state index contributed by atoms with van der Waals surface area (Å²) in [6, 6.07) is 16.3. The maximum Gasteiger partial charge on any atom is 0.419 e. The number of ether oxygens (including phenoxy) is 1. The first-order valence-electron chi connectivity index (χ1n) is 12.0. The van der Waals surface area contributed by atoms with Crippen LogP contribution in [0, 0.1) is 32.1 Å². The summed E-state index contributed by atoms with van der Waals surface area (Å²) >= 11 is 0. The molecule has 4 rings (SSSR count). The third-order valence-corrected chi connectivity index (χ3v) is 6.43. The minimum atomic E-state index is -4.97. The molecule has 4 nitrogen and oxygen atoms in total. The van der Waals surface area contributed by atoms with Gasteiger partial charge in [0, 0.05) is 0 Å². The van der Waals surface area contributed by atoms with Gasteiger partial charge in [-0.25, -0.2) is 0 Å². The first kappa shape index (κ1) is 28.5. The molecule has 0 amide bonds. The van der Waals surface area contributed by atoms with Crippen LogP contribution in [0.3, 0.4) is 0 Å². The van der Waals surface area contributed by atoms with E-state index in [1.165, 1.54) is 43.3 Å². The number of halogens is 6. The summed E-state index contributed by atoms with van der Waals surface area (Å²) in [5, 5.41) is 9.45. The average Bonchev–Trinajstić information content (AvgIpc) is 2.86. The van der Waals surface area contributed by atoms with E-state index in [1.807, 2.05) is 13.0 Å². The third kappa shape index (κ3) is 5.73. The molecular formula is C30H22F6N2O2. The quantitative estimate of drug-likeness (QED) is 0.233. The maximum absolute atomic E-state index is 13.9. The second-order valence-corrected chi connectivity index (χ2v) is 9.33. The Bertz CT molecular complexity index is 1690. The number of aryl methyl sites for hydroxylation is 3. The van der Waals surface area contributed by atoms with Crippen LogP contribution < -0.4 is 10.3 Å². The minimum Gasteiger partial charge on any atom is -0.456 e. The van der Waals surface area contributed by atoms with E-state index in [9.17, 15) is 36.4 Å². The normalized spacial score (nSPS) is 11.8. The Morgan fingerprint density at radius 2 is 1.48 bits per heavy atom. The van der Waals surface area contributed by atoms with Crippen LogP contribution in [-0.2, 0) is 18.9 Å². The van der Waals surface area contributed by atoms with Gasteiger partial charge in [0.15, 0.2) is 0 Å². The van der Waals surface area contributed by atoms with Crippen LogP contribution in [0.2, 0.25) is 0 Å². The molecule has 3 aromatic carbocycles. The van der Waals surface area contributed by atoms with Crippen molar-refractivity contribution >= 4 is 0 Å². The Balaban J connectivity index is 1.87. The molecule has 0 saturated carbocycles. The molecule has 206 valence electrons. The van der Waals surface area contributed by atoms with Gasteiger partial charge in [-0.05, 0) is 79.4 Å². The third-order valence-electron chi connectivity index (χ3n) is 6.43. The van der Waals surface area contributed by atoms with Crippen LogP contribution in [0.15, 0.2) is 71.5 Å². The Labute approximate surface area is 225 Å². The van der Waals surface area contributed by atoms with Crippen molar-refractivity contribution in [2.24, 2.45) is 0 Å². The number of nitriles is 1. The molecule has 0 atom stereocenters. The molecule has 0 spiro atoms. The molecule has 0 aliphatic rings. The van der Waals surface area contributed by atoms with E-state index in [4.69, 9.17) is 4.74 Å². The molecule has 4 aromatic rings. The molecule has 0 N–H and O–H groups in total. The predicted molar refractivity (Wildman–Crippen MR) is 137 cm³/mol. The zero-order valence-electron chi connectivity index (χ0n) is 21.5. The Morgan fingerprint density at radius 1 is 0.800 bits per heavy atom. The van der Waals surface area contributed by atoms with E-state index in [-0.39, 0.29) is 23.6 Å². The Kier molecular flexibility index (Phi) is 7.52. The van der Waals surface area contributed by atoms with Crippen LogP contribution >= 0.6 is 0 Å². The number of alkyl halides is 6. The average molecular weight is 557 g/mol. The summed E-state index contributed by atoms with van der Waals surface area (Å²) < 4.78 is 88.5. The van der Waals surface area contributed by atoms with Crippen molar-refractivity contribution in [3.8, 4) is 28.8 Å². The van der Waals surface area contributed by atoms with Crippen molar-refractivity contribution in [3.63, 3.8) is 0 Å². The Morgan fingerprint density at radius 3 is 2.08 bits per heavy atom. The molecule has 0 bridgehead atoms. The standard InChI is InChI=1S/C30H22F6N2O2/c1-17-8-9-21(18(2)12-17)16-38-25(14-24(30(34,35)36)22(15-37)28(38)39)20-10-11-26(19(3)13-20)40-27-7-5-4-6-23(27)29(31,32)33/h4-14H,16H2,1-3H3. The summed E-state index contributed by atoms with van der Waals surface area (Å²) in [4.78, 5) is 13.3.